The molecule has 2 aromatic rings. The van der Waals surface area contributed by atoms with Crippen molar-refractivity contribution >= 4 is 17.5 Å². The van der Waals surface area contributed by atoms with Gasteiger partial charge in [-0.1, -0.05) is 49.1 Å². The van der Waals surface area contributed by atoms with Gasteiger partial charge in [0.2, 0.25) is 5.91 Å². The first kappa shape index (κ1) is 23.9. The van der Waals surface area contributed by atoms with E-state index >= 15 is 0 Å². The lowest BCUT2D eigenvalue weighted by molar-refractivity contribution is -0.124. The van der Waals surface area contributed by atoms with Gasteiger partial charge in [0.05, 0.1) is 5.41 Å². The minimum Gasteiger partial charge on any atom is -0.491 e. The van der Waals surface area contributed by atoms with Gasteiger partial charge in [-0.05, 0) is 49.6 Å². The standard InChI is InChI=1S/C26H33ClN2O4/c27-19-8-10-21(11-9-19)33-22-12-15-29(17-22)16-20(30)18-32-24-7-3-2-6-23(24)26(25(28)31)13-4-1-5-14-26/h2-3,6-11,20,22,30H,1,4-5,12-18H2,(H2,28,31). The Kier molecular flexibility index (Phi) is 7.78. The Bertz CT molecular complexity index is 930. The number of primary amides is 1. The summed E-state index contributed by atoms with van der Waals surface area (Å²) >= 11 is 5.93. The summed E-state index contributed by atoms with van der Waals surface area (Å²) in [5, 5.41) is 11.3. The number of likely N-dealkylation sites (tertiary alicyclic amines) is 1. The van der Waals surface area contributed by atoms with Crippen molar-refractivity contribution in [2.45, 2.75) is 56.1 Å². The zero-order valence-electron chi connectivity index (χ0n) is 18.9. The highest BCUT2D eigenvalue weighted by Crippen LogP contribution is 2.43. The summed E-state index contributed by atoms with van der Waals surface area (Å²) in [6.07, 6.45) is 4.91. The number of carbonyl (C=O) groups excluding carboxylic acids is 1. The van der Waals surface area contributed by atoms with E-state index in [0.717, 1.165) is 62.9 Å². The summed E-state index contributed by atoms with van der Waals surface area (Å²) in [6.45, 7) is 2.27. The number of carbonyl (C=O) groups is 1. The maximum Gasteiger partial charge on any atom is 0.228 e. The van der Waals surface area contributed by atoms with Crippen molar-refractivity contribution in [3.05, 3.63) is 59.1 Å². The second-order valence-corrected chi connectivity index (χ2v) is 9.65. The lowest BCUT2D eigenvalue weighted by Crippen LogP contribution is -2.43. The number of amides is 1. The zero-order valence-corrected chi connectivity index (χ0v) is 19.7. The maximum absolute atomic E-state index is 12.5. The van der Waals surface area contributed by atoms with Gasteiger partial charge in [0.1, 0.15) is 30.3 Å². The van der Waals surface area contributed by atoms with E-state index in [1.165, 1.54) is 0 Å². The van der Waals surface area contributed by atoms with Crippen LogP contribution in [0.4, 0.5) is 0 Å². The number of rotatable bonds is 9. The molecule has 2 unspecified atom stereocenters. The number of halogens is 1. The minimum absolute atomic E-state index is 0.0850. The molecule has 1 saturated heterocycles. The van der Waals surface area contributed by atoms with Crippen molar-refractivity contribution in [2.24, 2.45) is 5.73 Å². The number of hydrogen-bond acceptors (Lipinski definition) is 5. The molecule has 1 saturated carbocycles. The van der Waals surface area contributed by atoms with Crippen LogP contribution >= 0.6 is 11.6 Å². The topological polar surface area (TPSA) is 85.0 Å². The van der Waals surface area contributed by atoms with E-state index in [0.29, 0.717) is 17.3 Å². The third-order valence-corrected chi connectivity index (χ3v) is 7.08. The van der Waals surface area contributed by atoms with Crippen LogP contribution in [-0.2, 0) is 10.2 Å². The monoisotopic (exact) mass is 472 g/mol. The Labute approximate surface area is 200 Å². The Balaban J connectivity index is 1.31. The van der Waals surface area contributed by atoms with Crippen LogP contribution in [0.5, 0.6) is 11.5 Å². The van der Waals surface area contributed by atoms with Crippen LogP contribution in [0.25, 0.3) is 0 Å². The fourth-order valence-electron chi connectivity index (χ4n) is 5.09. The zero-order chi connectivity index (χ0) is 23.3. The van der Waals surface area contributed by atoms with Crippen LogP contribution in [0, 0.1) is 0 Å². The van der Waals surface area contributed by atoms with E-state index in [1.54, 1.807) is 0 Å². The molecular weight excluding hydrogens is 440 g/mol. The van der Waals surface area contributed by atoms with Gasteiger partial charge in [-0.25, -0.2) is 0 Å². The molecule has 2 aliphatic rings. The number of aliphatic hydroxyl groups excluding tert-OH is 1. The van der Waals surface area contributed by atoms with E-state index in [4.69, 9.17) is 26.8 Å². The Morgan fingerprint density at radius 1 is 1.15 bits per heavy atom. The lowest BCUT2D eigenvalue weighted by atomic mass is 9.68. The Morgan fingerprint density at radius 3 is 2.61 bits per heavy atom. The minimum atomic E-state index is -0.680. The lowest BCUT2D eigenvalue weighted by Gasteiger charge is -2.36. The predicted octanol–water partition coefficient (Wildman–Crippen LogP) is 3.92. The summed E-state index contributed by atoms with van der Waals surface area (Å²) in [6, 6.07) is 15.0. The van der Waals surface area contributed by atoms with Crippen LogP contribution in [0.3, 0.4) is 0 Å². The fraction of sp³-hybridized carbons (Fsp3) is 0.500. The van der Waals surface area contributed by atoms with Crippen molar-refractivity contribution in [1.29, 1.82) is 0 Å². The number of aliphatic hydroxyl groups is 1. The molecule has 33 heavy (non-hydrogen) atoms. The third kappa shape index (κ3) is 5.81. The van der Waals surface area contributed by atoms with Gasteiger partial charge in [0.25, 0.3) is 0 Å². The van der Waals surface area contributed by atoms with Crippen LogP contribution in [0.1, 0.15) is 44.1 Å². The number of β-amino-alcohol motifs (C(OH)–C–C–N with tert-alkyl or cyclic N) is 1. The first-order valence-corrected chi connectivity index (χ1v) is 12.2. The second-order valence-electron chi connectivity index (χ2n) is 9.21. The van der Waals surface area contributed by atoms with Gasteiger partial charge in [-0.15, -0.1) is 0 Å². The van der Waals surface area contributed by atoms with E-state index in [1.807, 2.05) is 48.5 Å². The SMILES string of the molecule is NC(=O)C1(c2ccccc2OCC(O)CN2CCC(Oc3ccc(Cl)cc3)C2)CCCCC1. The average Bonchev–Trinajstić information content (AvgIpc) is 3.26. The van der Waals surface area contributed by atoms with Crippen molar-refractivity contribution in [3.63, 3.8) is 0 Å². The number of para-hydroxylation sites is 1. The molecule has 1 aliphatic heterocycles. The second kappa shape index (κ2) is 10.8. The first-order valence-electron chi connectivity index (χ1n) is 11.8. The molecule has 1 heterocycles. The third-order valence-electron chi connectivity index (χ3n) is 6.83. The summed E-state index contributed by atoms with van der Waals surface area (Å²) in [5.41, 5.74) is 6.04. The van der Waals surface area contributed by atoms with E-state index in [9.17, 15) is 9.90 Å². The van der Waals surface area contributed by atoms with Gasteiger partial charge in [0.15, 0.2) is 0 Å². The van der Waals surface area contributed by atoms with Gasteiger partial charge in [-0.3, -0.25) is 9.69 Å². The molecule has 0 spiro atoms. The molecule has 7 heteroatoms. The Morgan fingerprint density at radius 2 is 1.88 bits per heavy atom. The normalized spacial score (nSPS) is 21.5. The average molecular weight is 473 g/mol. The Hall–Kier alpha value is -2.28. The molecule has 4 rings (SSSR count). The summed E-state index contributed by atoms with van der Waals surface area (Å²) in [7, 11) is 0. The molecule has 178 valence electrons. The number of benzene rings is 2. The van der Waals surface area contributed by atoms with E-state index < -0.39 is 11.5 Å². The maximum atomic E-state index is 12.5. The van der Waals surface area contributed by atoms with Crippen molar-refractivity contribution in [3.8, 4) is 11.5 Å². The van der Waals surface area contributed by atoms with Crippen molar-refractivity contribution in [2.75, 3.05) is 26.2 Å². The molecule has 2 fully saturated rings. The number of ether oxygens (including phenoxy) is 2. The molecule has 2 atom stereocenters. The predicted molar refractivity (Wildman–Crippen MR) is 129 cm³/mol. The summed E-state index contributed by atoms with van der Waals surface area (Å²) in [5.74, 6) is 1.16. The molecule has 6 nitrogen and oxygen atoms in total. The molecule has 0 radical (unpaired) electrons. The highest BCUT2D eigenvalue weighted by molar-refractivity contribution is 6.30. The highest BCUT2D eigenvalue weighted by Gasteiger charge is 2.41. The fourth-order valence-corrected chi connectivity index (χ4v) is 5.22. The van der Waals surface area contributed by atoms with E-state index in [2.05, 4.69) is 4.90 Å². The highest BCUT2D eigenvalue weighted by atomic mass is 35.5. The number of nitrogens with zero attached hydrogens (tertiary/aromatic N) is 1. The molecule has 3 N–H and O–H groups in total. The molecule has 0 aromatic heterocycles. The van der Waals surface area contributed by atoms with Gasteiger partial charge in [-0.2, -0.15) is 0 Å². The number of hydrogen-bond donors (Lipinski definition) is 2. The largest absolute Gasteiger partial charge is 0.491 e. The number of nitrogens with two attached hydrogens (primary N) is 1. The summed E-state index contributed by atoms with van der Waals surface area (Å²) in [4.78, 5) is 14.7. The van der Waals surface area contributed by atoms with Crippen molar-refractivity contribution in [1.82, 2.24) is 4.90 Å². The van der Waals surface area contributed by atoms with Crippen LogP contribution < -0.4 is 15.2 Å². The molecule has 1 aliphatic carbocycles. The molecule has 2 aromatic carbocycles. The van der Waals surface area contributed by atoms with Crippen LogP contribution in [0.2, 0.25) is 5.02 Å². The van der Waals surface area contributed by atoms with Crippen molar-refractivity contribution < 1.29 is 19.4 Å². The quantitative estimate of drug-likeness (QED) is 0.577. The van der Waals surface area contributed by atoms with Gasteiger partial charge in [0, 0.05) is 30.2 Å². The smallest absolute Gasteiger partial charge is 0.228 e. The van der Waals surface area contributed by atoms with Gasteiger partial charge >= 0.3 is 0 Å². The van der Waals surface area contributed by atoms with Gasteiger partial charge < -0.3 is 20.3 Å². The van der Waals surface area contributed by atoms with Crippen LogP contribution in [-0.4, -0.2) is 54.4 Å². The molecule has 1 amide bonds. The van der Waals surface area contributed by atoms with E-state index in [-0.39, 0.29) is 18.6 Å². The molecular formula is C26H33ClN2O4. The first-order chi connectivity index (χ1) is 16.0. The summed E-state index contributed by atoms with van der Waals surface area (Å²) < 4.78 is 12.1. The molecule has 0 bridgehead atoms. The van der Waals surface area contributed by atoms with Crippen LogP contribution in [0.15, 0.2) is 48.5 Å².